The Bertz CT molecular complexity index is 1100. The molecule has 0 radical (unpaired) electrons. The van der Waals surface area contributed by atoms with Gasteiger partial charge in [0.25, 0.3) is 0 Å². The first-order valence-corrected chi connectivity index (χ1v) is 10.6. The minimum Gasteiger partial charge on any atom is -0.342 e. The number of carbonyl (C=O) groups is 4. The summed E-state index contributed by atoms with van der Waals surface area (Å²) in [7, 11) is 3.09. The molecule has 2 fully saturated rings. The number of carbonyl (C=O) groups excluding carboxylic acids is 4. The Kier molecular flexibility index (Phi) is 5.66. The molecule has 0 saturated carbocycles. The number of nitrogens with zero attached hydrogens (tertiary/aromatic N) is 4. The second kappa shape index (κ2) is 8.29. The molecule has 0 spiro atoms. The fourth-order valence-electron chi connectivity index (χ4n) is 4.75. The van der Waals surface area contributed by atoms with E-state index in [9.17, 15) is 23.6 Å². The lowest BCUT2D eigenvalue weighted by molar-refractivity contribution is -0.142. The fourth-order valence-corrected chi connectivity index (χ4v) is 4.75. The Morgan fingerprint density at radius 3 is 2.59 bits per heavy atom. The molecule has 9 heteroatoms. The number of likely N-dealkylation sites (N-methyl/N-ethyl adjacent to an activating group) is 1. The summed E-state index contributed by atoms with van der Waals surface area (Å²) < 4.78 is 16.4. The van der Waals surface area contributed by atoms with E-state index in [-0.39, 0.29) is 36.6 Å². The summed E-state index contributed by atoms with van der Waals surface area (Å²) in [6, 6.07) is 5.76. The molecular weight excluding hydrogens is 415 g/mol. The molecule has 4 rings (SSSR count). The molecule has 0 N–H and O–H groups in total. The van der Waals surface area contributed by atoms with Gasteiger partial charge in [-0.1, -0.05) is 18.2 Å². The lowest BCUT2D eigenvalue weighted by Gasteiger charge is -2.35. The van der Waals surface area contributed by atoms with Gasteiger partial charge in [0.15, 0.2) is 5.82 Å². The van der Waals surface area contributed by atoms with Gasteiger partial charge in [-0.2, -0.15) is 0 Å². The van der Waals surface area contributed by atoms with Crippen molar-refractivity contribution in [2.24, 2.45) is 13.0 Å². The standard InChI is InChI=1S/C23H25FN4O4/c1-26-11-9-25-21(26)20(31)15-6-5-10-28(14-15)19(30)13-23(12-18(29)27(2)22(23)32)16-7-3-4-8-17(16)24/h3-4,7-9,11,15H,5-6,10,12-14H2,1-2H3. The molecule has 2 saturated heterocycles. The lowest BCUT2D eigenvalue weighted by atomic mass is 9.75. The summed E-state index contributed by atoms with van der Waals surface area (Å²) in [5.41, 5.74) is -1.53. The van der Waals surface area contributed by atoms with E-state index >= 15 is 0 Å². The number of imide groups is 1. The van der Waals surface area contributed by atoms with Crippen molar-refractivity contribution < 1.29 is 23.6 Å². The van der Waals surface area contributed by atoms with E-state index in [4.69, 9.17) is 0 Å². The number of imidazole rings is 1. The monoisotopic (exact) mass is 440 g/mol. The second-order valence-corrected chi connectivity index (χ2v) is 8.58. The average molecular weight is 440 g/mol. The van der Waals surface area contributed by atoms with Crippen LogP contribution >= 0.6 is 0 Å². The van der Waals surface area contributed by atoms with Crippen LogP contribution < -0.4 is 0 Å². The van der Waals surface area contributed by atoms with Crippen LogP contribution in [0.25, 0.3) is 0 Å². The SMILES string of the molecule is CN1C(=O)CC(CC(=O)N2CCCC(C(=O)c3nccn3C)C2)(c2ccccc2F)C1=O. The average Bonchev–Trinajstić information content (AvgIpc) is 3.31. The van der Waals surface area contributed by atoms with Crippen LogP contribution in [0.3, 0.4) is 0 Å². The third kappa shape index (κ3) is 3.61. The first kappa shape index (κ1) is 21.9. The number of likely N-dealkylation sites (tertiary alicyclic amines) is 2. The molecule has 0 aliphatic carbocycles. The molecular formula is C23H25FN4O4. The van der Waals surface area contributed by atoms with E-state index < -0.39 is 29.0 Å². The van der Waals surface area contributed by atoms with Crippen molar-refractivity contribution in [1.82, 2.24) is 19.4 Å². The van der Waals surface area contributed by atoms with Crippen molar-refractivity contribution in [3.05, 3.63) is 53.9 Å². The predicted molar refractivity (Wildman–Crippen MR) is 112 cm³/mol. The number of rotatable bonds is 5. The number of piperidine rings is 1. The molecule has 3 amide bonds. The third-order valence-corrected chi connectivity index (χ3v) is 6.57. The Morgan fingerprint density at radius 1 is 1.22 bits per heavy atom. The molecule has 32 heavy (non-hydrogen) atoms. The van der Waals surface area contributed by atoms with E-state index in [0.717, 1.165) is 4.90 Å². The van der Waals surface area contributed by atoms with Crippen LogP contribution in [0, 0.1) is 11.7 Å². The number of ketones is 1. The normalized spacial score (nSPS) is 23.7. The second-order valence-electron chi connectivity index (χ2n) is 8.58. The predicted octanol–water partition coefficient (Wildman–Crippen LogP) is 1.70. The Hall–Kier alpha value is -3.36. The summed E-state index contributed by atoms with van der Waals surface area (Å²) in [5.74, 6) is -2.23. The number of hydrogen-bond acceptors (Lipinski definition) is 5. The zero-order chi connectivity index (χ0) is 23.0. The highest BCUT2D eigenvalue weighted by molar-refractivity contribution is 6.10. The van der Waals surface area contributed by atoms with Crippen LogP contribution in [0.5, 0.6) is 0 Å². The minimum atomic E-state index is -1.58. The molecule has 2 atom stereocenters. The maximum atomic E-state index is 14.7. The van der Waals surface area contributed by atoms with Crippen LogP contribution in [0.4, 0.5) is 4.39 Å². The smallest absolute Gasteiger partial charge is 0.240 e. The van der Waals surface area contributed by atoms with E-state index in [0.29, 0.717) is 25.2 Å². The number of halogens is 1. The molecule has 2 aromatic rings. The topological polar surface area (TPSA) is 92.6 Å². The molecule has 2 unspecified atom stereocenters. The van der Waals surface area contributed by atoms with E-state index in [1.165, 1.54) is 25.2 Å². The van der Waals surface area contributed by atoms with Crippen molar-refractivity contribution in [3.63, 3.8) is 0 Å². The maximum Gasteiger partial charge on any atom is 0.240 e. The number of hydrogen-bond donors (Lipinski definition) is 0. The zero-order valence-electron chi connectivity index (χ0n) is 18.1. The minimum absolute atomic E-state index is 0.0497. The molecule has 2 aliphatic heterocycles. The van der Waals surface area contributed by atoms with Gasteiger partial charge >= 0.3 is 0 Å². The number of aromatic nitrogens is 2. The fraction of sp³-hybridized carbons (Fsp3) is 0.435. The lowest BCUT2D eigenvalue weighted by Crippen LogP contribution is -2.47. The zero-order valence-corrected chi connectivity index (χ0v) is 18.1. The number of amides is 3. The van der Waals surface area contributed by atoms with E-state index in [1.807, 2.05) is 0 Å². The molecule has 1 aromatic carbocycles. The number of benzene rings is 1. The van der Waals surface area contributed by atoms with Crippen molar-refractivity contribution in [2.45, 2.75) is 31.1 Å². The van der Waals surface area contributed by atoms with Gasteiger partial charge in [-0.25, -0.2) is 9.37 Å². The van der Waals surface area contributed by atoms with Gasteiger partial charge in [-0.15, -0.1) is 0 Å². The highest BCUT2D eigenvalue weighted by Gasteiger charge is 2.54. The Labute approximate surface area is 185 Å². The van der Waals surface area contributed by atoms with Crippen LogP contribution in [0.1, 0.15) is 41.9 Å². The van der Waals surface area contributed by atoms with Crippen molar-refractivity contribution in [3.8, 4) is 0 Å². The van der Waals surface area contributed by atoms with Crippen molar-refractivity contribution in [1.29, 1.82) is 0 Å². The summed E-state index contributed by atoms with van der Waals surface area (Å²) >= 11 is 0. The van der Waals surface area contributed by atoms with E-state index in [2.05, 4.69) is 4.98 Å². The number of aryl methyl sites for hydroxylation is 1. The summed E-state index contributed by atoms with van der Waals surface area (Å²) in [4.78, 5) is 58.2. The van der Waals surface area contributed by atoms with E-state index in [1.54, 1.807) is 35.0 Å². The van der Waals surface area contributed by atoms with Gasteiger partial charge in [0.05, 0.1) is 5.41 Å². The molecule has 1 aromatic heterocycles. The van der Waals surface area contributed by atoms with Crippen LogP contribution in [-0.2, 0) is 26.8 Å². The largest absolute Gasteiger partial charge is 0.342 e. The Balaban J connectivity index is 1.58. The summed E-state index contributed by atoms with van der Waals surface area (Å²) in [5, 5.41) is 0. The third-order valence-electron chi connectivity index (χ3n) is 6.57. The summed E-state index contributed by atoms with van der Waals surface area (Å²) in [6.45, 7) is 0.643. The highest BCUT2D eigenvalue weighted by atomic mass is 19.1. The van der Waals surface area contributed by atoms with Gasteiger partial charge in [0.2, 0.25) is 23.5 Å². The summed E-state index contributed by atoms with van der Waals surface area (Å²) in [6.07, 6.45) is 3.91. The van der Waals surface area contributed by atoms with Gasteiger partial charge in [0, 0.05) is 63.9 Å². The quantitative estimate of drug-likeness (QED) is 0.521. The highest BCUT2D eigenvalue weighted by Crippen LogP contribution is 2.41. The van der Waals surface area contributed by atoms with Gasteiger partial charge in [-0.3, -0.25) is 24.1 Å². The van der Waals surface area contributed by atoms with Crippen molar-refractivity contribution in [2.75, 3.05) is 20.1 Å². The van der Waals surface area contributed by atoms with Crippen LogP contribution in [0.2, 0.25) is 0 Å². The molecule has 3 heterocycles. The van der Waals surface area contributed by atoms with Crippen LogP contribution in [-0.4, -0.2) is 63.0 Å². The van der Waals surface area contributed by atoms with Crippen molar-refractivity contribution >= 4 is 23.5 Å². The van der Waals surface area contributed by atoms with Gasteiger partial charge in [-0.05, 0) is 18.9 Å². The van der Waals surface area contributed by atoms with Gasteiger partial charge in [0.1, 0.15) is 5.82 Å². The molecule has 8 nitrogen and oxygen atoms in total. The molecule has 0 bridgehead atoms. The number of Topliss-reactive ketones (excluding diaryl/α,β-unsaturated/α-hetero) is 1. The first-order valence-electron chi connectivity index (χ1n) is 10.6. The maximum absolute atomic E-state index is 14.7. The first-order chi connectivity index (χ1) is 15.2. The molecule has 2 aliphatic rings. The van der Waals surface area contributed by atoms with Crippen LogP contribution in [0.15, 0.2) is 36.7 Å². The Morgan fingerprint density at radius 2 is 1.97 bits per heavy atom. The molecule has 168 valence electrons. The van der Waals surface area contributed by atoms with Gasteiger partial charge < -0.3 is 9.47 Å².